The largest absolute Gasteiger partial charge is 0.454 e. The van der Waals surface area contributed by atoms with Gasteiger partial charge in [0.15, 0.2) is 0 Å². The topological polar surface area (TPSA) is 29.5 Å². The summed E-state index contributed by atoms with van der Waals surface area (Å²) >= 11 is 0. The van der Waals surface area contributed by atoms with Crippen molar-refractivity contribution in [3.05, 3.63) is 35.9 Å². The molecule has 0 amide bonds. The summed E-state index contributed by atoms with van der Waals surface area (Å²) in [6.45, 7) is 12.3. The van der Waals surface area contributed by atoms with Gasteiger partial charge in [0.05, 0.1) is 0 Å². The van der Waals surface area contributed by atoms with Gasteiger partial charge >= 0.3 is 5.97 Å². The molecule has 1 aromatic carbocycles. The van der Waals surface area contributed by atoms with Crippen molar-refractivity contribution >= 4 is 5.97 Å². The Kier molecular flexibility index (Phi) is 4.43. The van der Waals surface area contributed by atoms with E-state index in [-0.39, 0.29) is 17.4 Å². The Labute approximate surface area is 128 Å². The highest BCUT2D eigenvalue weighted by atomic mass is 16.6. The fraction of sp³-hybridized carbons (Fsp3) is 0.611. The number of carbonyl (C=O) groups is 1. The number of hydrogen-bond donors (Lipinski definition) is 0. The number of ether oxygens (including phenoxy) is 1. The van der Waals surface area contributed by atoms with Crippen molar-refractivity contribution in [3.8, 4) is 0 Å². The number of carbonyl (C=O) groups excluding carboxylic acids is 1. The SMILES string of the molecule is CC(=O)O[C@@]1(c2ccccc2)CCN(C(C)(C)C)C[C@@H]1C. The van der Waals surface area contributed by atoms with Crippen LogP contribution in [-0.4, -0.2) is 29.5 Å². The first kappa shape index (κ1) is 16.0. The average molecular weight is 289 g/mol. The molecule has 0 aromatic heterocycles. The number of nitrogens with zero attached hydrogens (tertiary/aromatic N) is 1. The number of benzene rings is 1. The van der Waals surface area contributed by atoms with E-state index in [0.717, 1.165) is 25.1 Å². The molecule has 1 aliphatic rings. The Hall–Kier alpha value is -1.35. The maximum Gasteiger partial charge on any atom is 0.303 e. The number of piperidine rings is 1. The monoisotopic (exact) mass is 289 g/mol. The first-order valence-corrected chi connectivity index (χ1v) is 7.76. The van der Waals surface area contributed by atoms with E-state index in [1.807, 2.05) is 18.2 Å². The Bertz CT molecular complexity index is 492. The van der Waals surface area contributed by atoms with Crippen molar-refractivity contribution < 1.29 is 9.53 Å². The van der Waals surface area contributed by atoms with E-state index in [0.29, 0.717) is 0 Å². The standard InChI is InChI=1S/C18H27NO2/c1-14-13-19(17(3,4)5)12-11-18(14,21-15(2)20)16-9-7-6-8-10-16/h6-10,14H,11-13H2,1-5H3/t14-,18-/m0/s1. The van der Waals surface area contributed by atoms with Crippen LogP contribution in [0.15, 0.2) is 30.3 Å². The van der Waals surface area contributed by atoms with Gasteiger partial charge in [-0.15, -0.1) is 0 Å². The Morgan fingerprint density at radius 2 is 1.90 bits per heavy atom. The van der Waals surface area contributed by atoms with Crippen molar-refractivity contribution in [3.63, 3.8) is 0 Å². The second kappa shape index (κ2) is 5.80. The third-order valence-electron chi connectivity index (χ3n) is 4.58. The van der Waals surface area contributed by atoms with Crippen LogP contribution in [-0.2, 0) is 15.1 Å². The summed E-state index contributed by atoms with van der Waals surface area (Å²) in [6.07, 6.45) is 0.842. The van der Waals surface area contributed by atoms with E-state index in [4.69, 9.17) is 4.74 Å². The Morgan fingerprint density at radius 3 is 2.38 bits per heavy atom. The van der Waals surface area contributed by atoms with Crippen LogP contribution in [0.5, 0.6) is 0 Å². The molecule has 3 nitrogen and oxygen atoms in total. The molecule has 0 bridgehead atoms. The number of esters is 1. The minimum absolute atomic E-state index is 0.146. The highest BCUT2D eigenvalue weighted by molar-refractivity contribution is 5.67. The second-order valence-electron chi connectivity index (χ2n) is 7.12. The van der Waals surface area contributed by atoms with Crippen molar-refractivity contribution in [2.24, 2.45) is 5.92 Å². The predicted molar refractivity (Wildman–Crippen MR) is 85.0 cm³/mol. The van der Waals surface area contributed by atoms with Crippen LogP contribution in [0.4, 0.5) is 0 Å². The molecule has 1 heterocycles. The minimum atomic E-state index is -0.491. The van der Waals surface area contributed by atoms with Crippen molar-refractivity contribution in [1.82, 2.24) is 4.90 Å². The maximum absolute atomic E-state index is 11.7. The van der Waals surface area contributed by atoms with Crippen LogP contribution < -0.4 is 0 Å². The molecule has 2 rings (SSSR count). The van der Waals surface area contributed by atoms with E-state index in [1.54, 1.807) is 0 Å². The fourth-order valence-electron chi connectivity index (χ4n) is 3.34. The number of rotatable bonds is 2. The second-order valence-corrected chi connectivity index (χ2v) is 7.12. The first-order chi connectivity index (χ1) is 9.75. The van der Waals surface area contributed by atoms with Gasteiger partial charge in [0.25, 0.3) is 0 Å². The molecule has 1 aromatic rings. The molecule has 3 heteroatoms. The number of hydrogen-bond acceptors (Lipinski definition) is 3. The van der Waals surface area contributed by atoms with E-state index in [9.17, 15) is 4.79 Å². The molecular formula is C18H27NO2. The third-order valence-corrected chi connectivity index (χ3v) is 4.58. The first-order valence-electron chi connectivity index (χ1n) is 7.76. The van der Waals surface area contributed by atoms with Crippen LogP contribution in [0, 0.1) is 5.92 Å². The van der Waals surface area contributed by atoms with Gasteiger partial charge < -0.3 is 4.74 Å². The van der Waals surface area contributed by atoms with Gasteiger partial charge in [0.2, 0.25) is 0 Å². The van der Waals surface area contributed by atoms with Gasteiger partial charge in [0, 0.05) is 37.9 Å². The van der Waals surface area contributed by atoms with E-state index >= 15 is 0 Å². The average Bonchev–Trinajstić information content (AvgIpc) is 2.40. The molecule has 1 aliphatic heterocycles. The molecule has 2 atom stereocenters. The minimum Gasteiger partial charge on any atom is -0.454 e. The fourth-order valence-corrected chi connectivity index (χ4v) is 3.34. The predicted octanol–water partition coefficient (Wildman–Crippen LogP) is 3.59. The molecule has 0 spiro atoms. The Morgan fingerprint density at radius 1 is 1.29 bits per heavy atom. The summed E-state index contributed by atoms with van der Waals surface area (Å²) in [5.74, 6) is 0.0617. The molecule has 21 heavy (non-hydrogen) atoms. The van der Waals surface area contributed by atoms with E-state index < -0.39 is 5.60 Å². The molecule has 116 valence electrons. The molecule has 0 N–H and O–H groups in total. The lowest BCUT2D eigenvalue weighted by atomic mass is 9.75. The maximum atomic E-state index is 11.7. The summed E-state index contributed by atoms with van der Waals surface area (Å²) in [6, 6.07) is 10.2. The van der Waals surface area contributed by atoms with Crippen LogP contribution in [0.25, 0.3) is 0 Å². The van der Waals surface area contributed by atoms with E-state index in [2.05, 4.69) is 44.7 Å². The highest BCUT2D eigenvalue weighted by Crippen LogP contribution is 2.42. The van der Waals surface area contributed by atoms with Crippen LogP contribution in [0.3, 0.4) is 0 Å². The molecule has 0 aliphatic carbocycles. The normalized spacial score (nSPS) is 27.4. The lowest BCUT2D eigenvalue weighted by molar-refractivity contribution is -0.175. The van der Waals surface area contributed by atoms with Gasteiger partial charge in [-0.3, -0.25) is 9.69 Å². The summed E-state index contributed by atoms with van der Waals surface area (Å²) in [7, 11) is 0. The summed E-state index contributed by atoms with van der Waals surface area (Å²) < 4.78 is 5.87. The van der Waals surface area contributed by atoms with Crippen LogP contribution in [0.1, 0.15) is 46.6 Å². The molecule has 0 radical (unpaired) electrons. The zero-order chi connectivity index (χ0) is 15.7. The van der Waals surface area contributed by atoms with Crippen LogP contribution >= 0.6 is 0 Å². The third kappa shape index (κ3) is 3.29. The lowest BCUT2D eigenvalue weighted by Crippen LogP contribution is -2.55. The van der Waals surface area contributed by atoms with Gasteiger partial charge in [0.1, 0.15) is 5.60 Å². The highest BCUT2D eigenvalue weighted by Gasteiger charge is 2.46. The van der Waals surface area contributed by atoms with Crippen molar-refractivity contribution in [1.29, 1.82) is 0 Å². The van der Waals surface area contributed by atoms with Gasteiger partial charge in [-0.1, -0.05) is 37.3 Å². The quantitative estimate of drug-likeness (QED) is 0.779. The zero-order valence-electron chi connectivity index (χ0n) is 13.8. The molecule has 0 saturated carbocycles. The van der Waals surface area contributed by atoms with E-state index in [1.165, 1.54) is 6.92 Å². The van der Waals surface area contributed by atoms with Gasteiger partial charge in [-0.05, 0) is 26.3 Å². The molecule has 1 saturated heterocycles. The lowest BCUT2D eigenvalue weighted by Gasteiger charge is -2.49. The Balaban J connectivity index is 2.33. The zero-order valence-corrected chi connectivity index (χ0v) is 13.8. The van der Waals surface area contributed by atoms with Gasteiger partial charge in [-0.2, -0.15) is 0 Å². The summed E-state index contributed by atoms with van der Waals surface area (Å²) in [4.78, 5) is 14.2. The molecular weight excluding hydrogens is 262 g/mol. The molecule has 1 fully saturated rings. The van der Waals surface area contributed by atoms with Crippen LogP contribution in [0.2, 0.25) is 0 Å². The van der Waals surface area contributed by atoms with Crippen molar-refractivity contribution in [2.75, 3.05) is 13.1 Å². The summed E-state index contributed by atoms with van der Waals surface area (Å²) in [5, 5.41) is 0. The smallest absolute Gasteiger partial charge is 0.303 e. The molecule has 0 unspecified atom stereocenters. The van der Waals surface area contributed by atoms with Crippen molar-refractivity contribution in [2.45, 2.75) is 52.2 Å². The summed E-state index contributed by atoms with van der Waals surface area (Å²) in [5.41, 5.74) is 0.767. The number of likely N-dealkylation sites (tertiary alicyclic amines) is 1. The van der Waals surface area contributed by atoms with Gasteiger partial charge in [-0.25, -0.2) is 0 Å².